The van der Waals surface area contributed by atoms with Crippen LogP contribution in [0, 0.1) is 0 Å². The van der Waals surface area contributed by atoms with Crippen molar-refractivity contribution in [1.82, 2.24) is 4.90 Å². The first-order chi connectivity index (χ1) is 8.72. The molecular weight excluding hydrogens is 246 g/mol. The van der Waals surface area contributed by atoms with Crippen LogP contribution in [-0.4, -0.2) is 34.7 Å². The van der Waals surface area contributed by atoms with Gasteiger partial charge in [0.15, 0.2) is 6.04 Å². The van der Waals surface area contributed by atoms with Crippen molar-refractivity contribution in [3.05, 3.63) is 35.9 Å². The summed E-state index contributed by atoms with van der Waals surface area (Å²) in [6.45, 7) is 5.20. The molecule has 0 radical (unpaired) electrons. The number of carboxylic acids is 1. The Labute approximate surface area is 112 Å². The molecule has 19 heavy (non-hydrogen) atoms. The molecule has 104 valence electrons. The van der Waals surface area contributed by atoms with E-state index in [1.165, 1.54) is 7.05 Å². The molecule has 1 aromatic rings. The molecule has 5 nitrogen and oxygen atoms in total. The van der Waals surface area contributed by atoms with E-state index < -0.39 is 23.7 Å². The lowest BCUT2D eigenvalue weighted by molar-refractivity contribution is -0.142. The summed E-state index contributed by atoms with van der Waals surface area (Å²) in [5.74, 6) is -1.10. The summed E-state index contributed by atoms with van der Waals surface area (Å²) in [7, 11) is 1.42. The van der Waals surface area contributed by atoms with Crippen molar-refractivity contribution in [1.29, 1.82) is 0 Å². The van der Waals surface area contributed by atoms with E-state index >= 15 is 0 Å². The minimum Gasteiger partial charge on any atom is -0.479 e. The Hall–Kier alpha value is -2.04. The van der Waals surface area contributed by atoms with E-state index in [1.54, 1.807) is 51.1 Å². The molecule has 0 aromatic heterocycles. The Bertz CT molecular complexity index is 450. The average molecular weight is 265 g/mol. The molecule has 5 heteroatoms. The van der Waals surface area contributed by atoms with Crippen molar-refractivity contribution < 1.29 is 19.4 Å². The molecule has 1 atom stereocenters. The van der Waals surface area contributed by atoms with Gasteiger partial charge in [-0.25, -0.2) is 9.59 Å². The van der Waals surface area contributed by atoms with E-state index in [-0.39, 0.29) is 0 Å². The first-order valence-electron chi connectivity index (χ1n) is 5.96. The number of aliphatic carboxylic acids is 1. The molecule has 0 aliphatic heterocycles. The number of likely N-dealkylation sites (N-methyl/N-ethyl adjacent to an activating group) is 1. The summed E-state index contributed by atoms with van der Waals surface area (Å²) in [4.78, 5) is 24.4. The summed E-state index contributed by atoms with van der Waals surface area (Å²) < 4.78 is 5.18. The van der Waals surface area contributed by atoms with Gasteiger partial charge in [0.1, 0.15) is 5.60 Å². The highest BCUT2D eigenvalue weighted by molar-refractivity contribution is 5.81. The van der Waals surface area contributed by atoms with Crippen LogP contribution in [0.5, 0.6) is 0 Å². The van der Waals surface area contributed by atoms with Gasteiger partial charge in [0.25, 0.3) is 0 Å². The van der Waals surface area contributed by atoms with E-state index in [0.717, 1.165) is 4.90 Å². The monoisotopic (exact) mass is 265 g/mol. The maximum absolute atomic E-state index is 11.9. The molecule has 1 N–H and O–H groups in total. The maximum atomic E-state index is 11.9. The van der Waals surface area contributed by atoms with E-state index in [1.807, 2.05) is 0 Å². The Kier molecular flexibility index (Phi) is 4.53. The first-order valence-corrected chi connectivity index (χ1v) is 5.96. The van der Waals surface area contributed by atoms with Gasteiger partial charge in [0.2, 0.25) is 0 Å². The van der Waals surface area contributed by atoms with Crippen LogP contribution in [0.4, 0.5) is 4.79 Å². The smallest absolute Gasteiger partial charge is 0.411 e. The van der Waals surface area contributed by atoms with Crippen molar-refractivity contribution >= 4 is 12.1 Å². The van der Waals surface area contributed by atoms with E-state index in [9.17, 15) is 14.7 Å². The highest BCUT2D eigenvalue weighted by Crippen LogP contribution is 2.21. The zero-order valence-electron chi connectivity index (χ0n) is 11.6. The number of hydrogen-bond acceptors (Lipinski definition) is 3. The molecular formula is C14H19NO4. The van der Waals surface area contributed by atoms with E-state index in [2.05, 4.69) is 0 Å². The van der Waals surface area contributed by atoms with Crippen LogP contribution in [-0.2, 0) is 9.53 Å². The second-order valence-electron chi connectivity index (χ2n) is 5.24. The predicted molar refractivity (Wildman–Crippen MR) is 70.8 cm³/mol. The third-order valence-corrected chi connectivity index (χ3v) is 2.42. The third-order valence-electron chi connectivity index (χ3n) is 2.42. The van der Waals surface area contributed by atoms with Crippen LogP contribution in [0.25, 0.3) is 0 Å². The normalized spacial score (nSPS) is 12.6. The molecule has 0 aliphatic rings. The van der Waals surface area contributed by atoms with Crippen molar-refractivity contribution in [2.75, 3.05) is 7.05 Å². The summed E-state index contributed by atoms with van der Waals surface area (Å²) >= 11 is 0. The van der Waals surface area contributed by atoms with Crippen molar-refractivity contribution in [2.24, 2.45) is 0 Å². The average Bonchev–Trinajstić information content (AvgIpc) is 2.27. The zero-order valence-corrected chi connectivity index (χ0v) is 11.6. The van der Waals surface area contributed by atoms with Crippen LogP contribution in [0.3, 0.4) is 0 Å². The second kappa shape index (κ2) is 5.73. The number of nitrogens with zero attached hydrogens (tertiary/aromatic N) is 1. The number of ether oxygens (including phenoxy) is 1. The van der Waals surface area contributed by atoms with Gasteiger partial charge in [-0.05, 0) is 26.3 Å². The fourth-order valence-corrected chi connectivity index (χ4v) is 1.61. The number of carbonyl (C=O) groups is 2. The third kappa shape index (κ3) is 4.28. The van der Waals surface area contributed by atoms with Crippen LogP contribution >= 0.6 is 0 Å². The summed E-state index contributed by atoms with van der Waals surface area (Å²) in [5, 5.41) is 9.29. The van der Waals surface area contributed by atoms with E-state index in [0.29, 0.717) is 5.56 Å². The molecule has 0 spiro atoms. The minimum absolute atomic E-state index is 0.531. The zero-order chi connectivity index (χ0) is 14.6. The molecule has 0 saturated heterocycles. The Morgan fingerprint density at radius 2 is 1.74 bits per heavy atom. The van der Waals surface area contributed by atoms with Crippen LogP contribution < -0.4 is 0 Å². The Morgan fingerprint density at radius 1 is 1.21 bits per heavy atom. The largest absolute Gasteiger partial charge is 0.479 e. The number of hydrogen-bond donors (Lipinski definition) is 1. The number of benzene rings is 1. The molecule has 1 aromatic carbocycles. The standard InChI is InChI=1S/C14H19NO4/c1-14(2,3)19-13(18)15(4)11(12(16)17)10-8-6-5-7-9-10/h5-9,11H,1-4H3,(H,16,17)/t11-/m1/s1. The fourth-order valence-electron chi connectivity index (χ4n) is 1.61. The lowest BCUT2D eigenvalue weighted by Crippen LogP contribution is -2.39. The molecule has 1 amide bonds. The highest BCUT2D eigenvalue weighted by atomic mass is 16.6. The predicted octanol–water partition coefficient (Wildman–Crippen LogP) is 2.68. The Morgan fingerprint density at radius 3 is 2.16 bits per heavy atom. The Balaban J connectivity index is 2.95. The van der Waals surface area contributed by atoms with Crippen molar-refractivity contribution in [3.8, 4) is 0 Å². The molecule has 0 fully saturated rings. The fraction of sp³-hybridized carbons (Fsp3) is 0.429. The van der Waals surface area contributed by atoms with Gasteiger partial charge in [-0.2, -0.15) is 0 Å². The first kappa shape index (κ1) is 15.0. The SMILES string of the molecule is CN(C(=O)OC(C)(C)C)[C@@H](C(=O)O)c1ccccc1. The molecule has 1 rings (SSSR count). The quantitative estimate of drug-likeness (QED) is 0.912. The minimum atomic E-state index is -1.10. The van der Waals surface area contributed by atoms with Gasteiger partial charge in [-0.1, -0.05) is 30.3 Å². The number of rotatable bonds is 3. The van der Waals surface area contributed by atoms with Crippen molar-refractivity contribution in [3.63, 3.8) is 0 Å². The number of carbonyl (C=O) groups excluding carboxylic acids is 1. The topological polar surface area (TPSA) is 66.8 Å². The van der Waals surface area contributed by atoms with Crippen LogP contribution in [0.15, 0.2) is 30.3 Å². The van der Waals surface area contributed by atoms with Gasteiger partial charge in [-0.15, -0.1) is 0 Å². The van der Waals surface area contributed by atoms with Gasteiger partial charge in [0, 0.05) is 7.05 Å². The second-order valence-corrected chi connectivity index (χ2v) is 5.24. The molecule has 0 aliphatic carbocycles. The molecule has 0 saturated carbocycles. The van der Waals surface area contributed by atoms with Crippen LogP contribution in [0.2, 0.25) is 0 Å². The number of amides is 1. The lowest BCUT2D eigenvalue weighted by atomic mass is 10.1. The van der Waals surface area contributed by atoms with Gasteiger partial charge < -0.3 is 9.84 Å². The van der Waals surface area contributed by atoms with Crippen molar-refractivity contribution in [2.45, 2.75) is 32.4 Å². The van der Waals surface area contributed by atoms with Crippen LogP contribution in [0.1, 0.15) is 32.4 Å². The maximum Gasteiger partial charge on any atom is 0.411 e. The summed E-state index contributed by atoms with van der Waals surface area (Å²) in [5.41, 5.74) is -0.131. The summed E-state index contributed by atoms with van der Waals surface area (Å²) in [6.07, 6.45) is -0.663. The van der Waals surface area contributed by atoms with Gasteiger partial charge in [-0.3, -0.25) is 4.90 Å². The molecule has 0 heterocycles. The molecule has 0 bridgehead atoms. The lowest BCUT2D eigenvalue weighted by Gasteiger charge is -2.28. The van der Waals surface area contributed by atoms with E-state index in [4.69, 9.17) is 4.74 Å². The molecule has 0 unspecified atom stereocenters. The highest BCUT2D eigenvalue weighted by Gasteiger charge is 2.31. The summed E-state index contributed by atoms with van der Waals surface area (Å²) in [6, 6.07) is 7.52. The van der Waals surface area contributed by atoms with Gasteiger partial charge >= 0.3 is 12.1 Å². The van der Waals surface area contributed by atoms with Gasteiger partial charge in [0.05, 0.1) is 0 Å². The number of carboxylic acid groups (broad SMARTS) is 1.